The maximum atomic E-state index is 13.0. The van der Waals surface area contributed by atoms with E-state index in [-0.39, 0.29) is 24.3 Å². The number of carbonyl (C=O) groups is 2. The smallest absolute Gasteiger partial charge is 0.293 e. The van der Waals surface area contributed by atoms with Gasteiger partial charge in [0.05, 0.1) is 18.1 Å². The van der Waals surface area contributed by atoms with Crippen molar-refractivity contribution in [3.05, 3.63) is 76.7 Å². The van der Waals surface area contributed by atoms with Crippen LogP contribution in [0.2, 0.25) is 0 Å². The second-order valence-electron chi connectivity index (χ2n) is 7.90. The van der Waals surface area contributed by atoms with Gasteiger partial charge in [-0.3, -0.25) is 14.5 Å². The summed E-state index contributed by atoms with van der Waals surface area (Å²) in [5.74, 6) is 1.13. The molecule has 1 heterocycles. The number of amides is 2. The molecule has 0 spiro atoms. The second-order valence-corrected chi connectivity index (χ2v) is 8.89. The van der Waals surface area contributed by atoms with Crippen molar-refractivity contribution in [3.8, 4) is 11.5 Å². The fourth-order valence-electron chi connectivity index (χ4n) is 3.59. The van der Waals surface area contributed by atoms with Crippen LogP contribution in [0.1, 0.15) is 30.9 Å². The van der Waals surface area contributed by atoms with Crippen molar-refractivity contribution >= 4 is 39.8 Å². The molecule has 0 aliphatic carbocycles. The van der Waals surface area contributed by atoms with E-state index in [0.717, 1.165) is 52.3 Å². The number of benzene rings is 3. The Bertz CT molecular complexity index is 1190. The van der Waals surface area contributed by atoms with Crippen molar-refractivity contribution in [1.29, 1.82) is 0 Å². The highest BCUT2D eigenvalue weighted by atomic mass is 32.2. The minimum atomic E-state index is -0.301. The molecule has 2 amide bonds. The van der Waals surface area contributed by atoms with E-state index in [1.54, 1.807) is 6.08 Å². The van der Waals surface area contributed by atoms with Gasteiger partial charge in [-0.05, 0) is 60.2 Å². The van der Waals surface area contributed by atoms with Crippen molar-refractivity contribution in [2.75, 3.05) is 19.8 Å². The van der Waals surface area contributed by atoms with Crippen molar-refractivity contribution in [3.63, 3.8) is 0 Å². The van der Waals surface area contributed by atoms with Crippen molar-refractivity contribution < 1.29 is 19.1 Å². The standard InChI is InChI=1S/C27H27NO4S/c1-3-4-16-32-24-14-11-20-7-5-6-8-22(20)23(24)18-25-26(29)28(27(30)33-25)15-17-31-21-12-9-19(2)10-13-21/h5-14,18H,3-4,15-17H2,1-2H3/b25-18-. The molecule has 0 unspecified atom stereocenters. The third-order valence-corrected chi connectivity index (χ3v) is 6.35. The molecule has 3 aromatic carbocycles. The molecule has 170 valence electrons. The average Bonchev–Trinajstić information content (AvgIpc) is 3.09. The van der Waals surface area contributed by atoms with Crippen molar-refractivity contribution in [2.45, 2.75) is 26.7 Å². The summed E-state index contributed by atoms with van der Waals surface area (Å²) in [5, 5.41) is 1.76. The van der Waals surface area contributed by atoms with Gasteiger partial charge in [0.1, 0.15) is 18.1 Å². The Morgan fingerprint density at radius 2 is 1.73 bits per heavy atom. The summed E-state index contributed by atoms with van der Waals surface area (Å²) in [7, 11) is 0. The molecule has 1 fully saturated rings. The number of rotatable bonds is 9. The quantitative estimate of drug-likeness (QED) is 0.271. The molecule has 0 atom stereocenters. The van der Waals surface area contributed by atoms with E-state index in [2.05, 4.69) is 6.92 Å². The molecule has 1 aliphatic heterocycles. The van der Waals surface area contributed by atoms with Gasteiger partial charge in [-0.2, -0.15) is 0 Å². The van der Waals surface area contributed by atoms with E-state index >= 15 is 0 Å². The van der Waals surface area contributed by atoms with Crippen LogP contribution in [0.15, 0.2) is 65.6 Å². The molecule has 0 N–H and O–H groups in total. The summed E-state index contributed by atoms with van der Waals surface area (Å²) < 4.78 is 11.7. The van der Waals surface area contributed by atoms with Crippen LogP contribution in [0.4, 0.5) is 4.79 Å². The van der Waals surface area contributed by atoms with Crippen molar-refractivity contribution in [2.24, 2.45) is 0 Å². The van der Waals surface area contributed by atoms with E-state index in [1.807, 2.05) is 67.6 Å². The van der Waals surface area contributed by atoms with Crippen LogP contribution in [0.25, 0.3) is 16.8 Å². The molecular formula is C27H27NO4S. The number of aryl methyl sites for hydroxylation is 1. The largest absolute Gasteiger partial charge is 0.493 e. The van der Waals surface area contributed by atoms with E-state index in [0.29, 0.717) is 17.3 Å². The Kier molecular flexibility index (Phi) is 7.35. The molecular weight excluding hydrogens is 434 g/mol. The first kappa shape index (κ1) is 22.9. The lowest BCUT2D eigenvalue weighted by atomic mass is 10.0. The summed E-state index contributed by atoms with van der Waals surface area (Å²) >= 11 is 0.958. The monoisotopic (exact) mass is 461 g/mol. The second kappa shape index (κ2) is 10.6. The highest BCUT2D eigenvalue weighted by Gasteiger charge is 2.35. The van der Waals surface area contributed by atoms with Crippen LogP contribution < -0.4 is 9.47 Å². The predicted molar refractivity (Wildman–Crippen MR) is 134 cm³/mol. The summed E-state index contributed by atoms with van der Waals surface area (Å²) in [6, 6.07) is 19.6. The molecule has 33 heavy (non-hydrogen) atoms. The lowest BCUT2D eigenvalue weighted by molar-refractivity contribution is -0.123. The molecule has 1 saturated heterocycles. The summed E-state index contributed by atoms with van der Waals surface area (Å²) in [5.41, 5.74) is 1.97. The van der Waals surface area contributed by atoms with Gasteiger partial charge in [-0.25, -0.2) is 0 Å². The SMILES string of the molecule is CCCCOc1ccc2ccccc2c1/C=C1\SC(=O)N(CCOc2ccc(C)cc2)C1=O. The molecule has 0 bridgehead atoms. The minimum absolute atomic E-state index is 0.200. The van der Waals surface area contributed by atoms with E-state index in [9.17, 15) is 9.59 Å². The zero-order valence-electron chi connectivity index (χ0n) is 18.9. The molecule has 6 heteroatoms. The van der Waals surface area contributed by atoms with Gasteiger partial charge < -0.3 is 9.47 Å². The maximum absolute atomic E-state index is 13.0. The van der Waals surface area contributed by atoms with Gasteiger partial charge in [0.2, 0.25) is 0 Å². The molecule has 1 aliphatic rings. The van der Waals surface area contributed by atoms with Crippen LogP contribution in [-0.2, 0) is 4.79 Å². The Labute approximate surface area is 198 Å². The van der Waals surface area contributed by atoms with Gasteiger partial charge in [-0.15, -0.1) is 0 Å². The van der Waals surface area contributed by atoms with Gasteiger partial charge >= 0.3 is 0 Å². The van der Waals surface area contributed by atoms with Gasteiger partial charge in [0.25, 0.3) is 11.1 Å². The zero-order valence-corrected chi connectivity index (χ0v) is 19.7. The highest BCUT2D eigenvalue weighted by molar-refractivity contribution is 8.18. The third-order valence-electron chi connectivity index (χ3n) is 5.44. The number of hydrogen-bond donors (Lipinski definition) is 0. The van der Waals surface area contributed by atoms with Crippen LogP contribution in [0.5, 0.6) is 11.5 Å². The summed E-state index contributed by atoms with van der Waals surface area (Å²) in [6.07, 6.45) is 3.77. The maximum Gasteiger partial charge on any atom is 0.293 e. The average molecular weight is 462 g/mol. The van der Waals surface area contributed by atoms with Gasteiger partial charge in [-0.1, -0.05) is 61.4 Å². The normalized spacial score (nSPS) is 15.0. The first-order chi connectivity index (χ1) is 16.1. The Hall–Kier alpha value is -3.25. The number of fused-ring (bicyclic) bond motifs is 1. The third kappa shape index (κ3) is 5.40. The number of hydrogen-bond acceptors (Lipinski definition) is 5. The number of carbonyl (C=O) groups excluding carboxylic acids is 2. The molecule has 0 saturated carbocycles. The molecule has 0 aromatic heterocycles. The van der Waals surface area contributed by atoms with Crippen LogP contribution >= 0.6 is 11.8 Å². The van der Waals surface area contributed by atoms with Gasteiger partial charge in [0.15, 0.2) is 0 Å². The Balaban J connectivity index is 1.53. The number of thioether (sulfide) groups is 1. The van der Waals surface area contributed by atoms with Crippen LogP contribution in [0, 0.1) is 6.92 Å². The molecule has 4 rings (SSSR count). The van der Waals surface area contributed by atoms with Crippen LogP contribution in [-0.4, -0.2) is 35.8 Å². The lowest BCUT2D eigenvalue weighted by Gasteiger charge is -2.14. The van der Waals surface area contributed by atoms with Crippen molar-refractivity contribution in [1.82, 2.24) is 4.90 Å². The van der Waals surface area contributed by atoms with E-state index < -0.39 is 0 Å². The molecule has 5 nitrogen and oxygen atoms in total. The number of nitrogens with zero attached hydrogens (tertiary/aromatic N) is 1. The Morgan fingerprint density at radius 1 is 0.939 bits per heavy atom. The first-order valence-electron chi connectivity index (χ1n) is 11.2. The number of unbranched alkanes of at least 4 members (excludes halogenated alkanes) is 1. The lowest BCUT2D eigenvalue weighted by Crippen LogP contribution is -2.32. The predicted octanol–water partition coefficient (Wildman–Crippen LogP) is 6.44. The zero-order chi connectivity index (χ0) is 23.2. The Morgan fingerprint density at radius 3 is 2.52 bits per heavy atom. The molecule has 3 aromatic rings. The first-order valence-corrected chi connectivity index (χ1v) is 12.0. The van der Waals surface area contributed by atoms with Gasteiger partial charge in [0, 0.05) is 5.56 Å². The fraction of sp³-hybridized carbons (Fsp3) is 0.259. The highest BCUT2D eigenvalue weighted by Crippen LogP contribution is 2.36. The minimum Gasteiger partial charge on any atom is -0.493 e. The summed E-state index contributed by atoms with van der Waals surface area (Å²) in [4.78, 5) is 27.2. The number of imide groups is 1. The van der Waals surface area contributed by atoms with E-state index in [1.165, 1.54) is 4.90 Å². The van der Waals surface area contributed by atoms with Crippen LogP contribution in [0.3, 0.4) is 0 Å². The summed E-state index contributed by atoms with van der Waals surface area (Å²) in [6.45, 7) is 5.17. The van der Waals surface area contributed by atoms with E-state index in [4.69, 9.17) is 9.47 Å². The topological polar surface area (TPSA) is 55.8 Å². The molecule has 0 radical (unpaired) electrons. The fourth-order valence-corrected chi connectivity index (χ4v) is 4.44. The number of ether oxygens (including phenoxy) is 2.